The van der Waals surface area contributed by atoms with E-state index >= 15 is 0 Å². The van der Waals surface area contributed by atoms with Crippen molar-refractivity contribution in [1.29, 1.82) is 0 Å². The number of nitrogen functional groups attached to an aromatic ring is 1. The Labute approximate surface area is 118 Å². The van der Waals surface area contributed by atoms with Gasteiger partial charge in [-0.2, -0.15) is 0 Å². The van der Waals surface area contributed by atoms with E-state index in [1.54, 1.807) is 0 Å². The highest BCUT2D eigenvalue weighted by atomic mass is 35.5. The molecule has 2 N–H and O–H groups in total. The van der Waals surface area contributed by atoms with Gasteiger partial charge in [0.1, 0.15) is 0 Å². The van der Waals surface area contributed by atoms with Gasteiger partial charge in [0, 0.05) is 12.2 Å². The molecule has 4 heteroatoms. The number of hydrogen-bond donors (Lipinski definition) is 1. The number of benzene rings is 2. The van der Waals surface area contributed by atoms with Crippen LogP contribution in [0.3, 0.4) is 0 Å². The number of rotatable bonds is 3. The summed E-state index contributed by atoms with van der Waals surface area (Å²) in [5.74, 6) is 0. The van der Waals surface area contributed by atoms with E-state index in [1.165, 1.54) is 5.56 Å². The Balaban J connectivity index is 0.00000133. The normalized spacial score (nSPS) is 10.3. The van der Waals surface area contributed by atoms with E-state index in [1.807, 2.05) is 30.6 Å². The number of aromatic nitrogens is 2. The minimum Gasteiger partial charge on any atom is -0.399 e. The molecule has 0 aliphatic heterocycles. The molecule has 0 unspecified atom stereocenters. The van der Waals surface area contributed by atoms with Crippen LogP contribution in [-0.4, -0.2) is 9.55 Å². The first-order valence-corrected chi connectivity index (χ1v) is 6.07. The van der Waals surface area contributed by atoms with Gasteiger partial charge in [0.05, 0.1) is 17.4 Å². The summed E-state index contributed by atoms with van der Waals surface area (Å²) in [5, 5.41) is 0. The van der Waals surface area contributed by atoms with Crippen LogP contribution in [0.2, 0.25) is 0 Å². The van der Waals surface area contributed by atoms with Gasteiger partial charge in [-0.25, -0.2) is 4.98 Å². The first-order valence-electron chi connectivity index (χ1n) is 6.07. The van der Waals surface area contributed by atoms with E-state index in [2.05, 4.69) is 33.8 Å². The number of halogens is 1. The Morgan fingerprint density at radius 3 is 2.63 bits per heavy atom. The monoisotopic (exact) mass is 273 g/mol. The largest absolute Gasteiger partial charge is 0.399 e. The second kappa shape index (κ2) is 5.76. The topological polar surface area (TPSA) is 43.8 Å². The van der Waals surface area contributed by atoms with Gasteiger partial charge in [0.15, 0.2) is 0 Å². The molecule has 1 heterocycles. The molecule has 3 nitrogen and oxygen atoms in total. The van der Waals surface area contributed by atoms with Crippen molar-refractivity contribution in [1.82, 2.24) is 9.55 Å². The van der Waals surface area contributed by atoms with E-state index in [9.17, 15) is 0 Å². The molecule has 0 spiro atoms. The molecule has 3 aromatic rings. The standard InChI is InChI=1S/C15H15N3.ClH/c16-13-6-7-15-14(10-13)17-11-18(15)9-8-12-4-2-1-3-5-12;/h1-7,10-11H,8-9,16H2;1H. The molecule has 0 bridgehead atoms. The van der Waals surface area contributed by atoms with Gasteiger partial charge in [0.2, 0.25) is 0 Å². The molecule has 0 saturated carbocycles. The predicted octanol–water partition coefficient (Wildman–Crippen LogP) is 3.28. The molecule has 0 amide bonds. The summed E-state index contributed by atoms with van der Waals surface area (Å²) in [6, 6.07) is 16.3. The van der Waals surface area contributed by atoms with Crippen molar-refractivity contribution in [2.75, 3.05) is 5.73 Å². The quantitative estimate of drug-likeness (QED) is 0.744. The van der Waals surface area contributed by atoms with Gasteiger partial charge in [-0.1, -0.05) is 30.3 Å². The van der Waals surface area contributed by atoms with E-state index in [0.29, 0.717) is 0 Å². The maximum Gasteiger partial charge on any atom is 0.0958 e. The fourth-order valence-electron chi connectivity index (χ4n) is 2.15. The molecule has 0 radical (unpaired) electrons. The van der Waals surface area contributed by atoms with Gasteiger partial charge in [0.25, 0.3) is 0 Å². The van der Waals surface area contributed by atoms with Crippen LogP contribution in [0, 0.1) is 0 Å². The Kier molecular flexibility index (Phi) is 4.07. The average Bonchev–Trinajstić information content (AvgIpc) is 2.80. The zero-order valence-electron chi connectivity index (χ0n) is 10.5. The van der Waals surface area contributed by atoms with Crippen LogP contribution in [0.15, 0.2) is 54.9 Å². The summed E-state index contributed by atoms with van der Waals surface area (Å²) < 4.78 is 2.17. The third-order valence-electron chi connectivity index (χ3n) is 3.13. The summed E-state index contributed by atoms with van der Waals surface area (Å²) in [4.78, 5) is 4.37. The summed E-state index contributed by atoms with van der Waals surface area (Å²) >= 11 is 0. The maximum atomic E-state index is 5.75. The molecule has 0 atom stereocenters. The molecule has 98 valence electrons. The number of imidazole rings is 1. The fourth-order valence-corrected chi connectivity index (χ4v) is 2.15. The van der Waals surface area contributed by atoms with Crippen LogP contribution in [0.1, 0.15) is 5.56 Å². The van der Waals surface area contributed by atoms with Gasteiger partial charge in [-0.05, 0) is 30.2 Å². The van der Waals surface area contributed by atoms with Crippen molar-refractivity contribution in [3.8, 4) is 0 Å². The van der Waals surface area contributed by atoms with Crippen molar-refractivity contribution >= 4 is 29.1 Å². The molecule has 0 fully saturated rings. The first-order chi connectivity index (χ1) is 8.83. The molecular formula is C15H16ClN3. The van der Waals surface area contributed by atoms with Crippen molar-refractivity contribution < 1.29 is 0 Å². The molecule has 19 heavy (non-hydrogen) atoms. The minimum atomic E-state index is 0. The Morgan fingerprint density at radius 2 is 1.84 bits per heavy atom. The summed E-state index contributed by atoms with van der Waals surface area (Å²) in [5.41, 5.74) is 9.95. The Hall–Kier alpha value is -2.00. The maximum absolute atomic E-state index is 5.75. The highest BCUT2D eigenvalue weighted by Crippen LogP contribution is 2.16. The van der Waals surface area contributed by atoms with Gasteiger partial charge < -0.3 is 10.3 Å². The van der Waals surface area contributed by atoms with Crippen LogP contribution in [0.4, 0.5) is 5.69 Å². The first kappa shape index (κ1) is 13.4. The number of hydrogen-bond acceptors (Lipinski definition) is 2. The second-order valence-corrected chi connectivity index (χ2v) is 4.42. The fraction of sp³-hybridized carbons (Fsp3) is 0.133. The molecule has 0 aliphatic carbocycles. The number of anilines is 1. The summed E-state index contributed by atoms with van der Waals surface area (Å²) in [7, 11) is 0. The Morgan fingerprint density at radius 1 is 1.05 bits per heavy atom. The molecule has 3 rings (SSSR count). The highest BCUT2D eigenvalue weighted by Gasteiger charge is 2.02. The lowest BCUT2D eigenvalue weighted by atomic mass is 10.1. The van der Waals surface area contributed by atoms with Crippen molar-refractivity contribution in [2.45, 2.75) is 13.0 Å². The van der Waals surface area contributed by atoms with Crippen molar-refractivity contribution in [2.24, 2.45) is 0 Å². The van der Waals surface area contributed by atoms with E-state index in [4.69, 9.17) is 5.73 Å². The third-order valence-corrected chi connectivity index (χ3v) is 3.13. The Bertz CT molecular complexity index is 661. The van der Waals surface area contributed by atoms with Crippen LogP contribution >= 0.6 is 12.4 Å². The lowest BCUT2D eigenvalue weighted by molar-refractivity contribution is 0.716. The molecular weight excluding hydrogens is 258 g/mol. The van der Waals surface area contributed by atoms with E-state index in [-0.39, 0.29) is 12.4 Å². The number of nitrogens with zero attached hydrogens (tertiary/aromatic N) is 2. The lowest BCUT2D eigenvalue weighted by Gasteiger charge is -2.04. The van der Waals surface area contributed by atoms with Crippen LogP contribution < -0.4 is 5.73 Å². The van der Waals surface area contributed by atoms with Crippen LogP contribution in [-0.2, 0) is 13.0 Å². The molecule has 0 aliphatic rings. The van der Waals surface area contributed by atoms with Crippen molar-refractivity contribution in [3.05, 3.63) is 60.4 Å². The van der Waals surface area contributed by atoms with Crippen LogP contribution in [0.5, 0.6) is 0 Å². The summed E-state index contributed by atoms with van der Waals surface area (Å²) in [6.45, 7) is 0.935. The third kappa shape index (κ3) is 2.88. The zero-order chi connectivity index (χ0) is 12.4. The van der Waals surface area contributed by atoms with Crippen molar-refractivity contribution in [3.63, 3.8) is 0 Å². The number of fused-ring (bicyclic) bond motifs is 1. The van der Waals surface area contributed by atoms with E-state index < -0.39 is 0 Å². The van der Waals surface area contributed by atoms with Crippen LogP contribution in [0.25, 0.3) is 11.0 Å². The molecule has 0 saturated heterocycles. The smallest absolute Gasteiger partial charge is 0.0958 e. The number of nitrogens with two attached hydrogens (primary N) is 1. The van der Waals surface area contributed by atoms with Gasteiger partial charge in [-0.3, -0.25) is 0 Å². The molecule has 2 aromatic carbocycles. The highest BCUT2D eigenvalue weighted by molar-refractivity contribution is 5.85. The average molecular weight is 274 g/mol. The lowest BCUT2D eigenvalue weighted by Crippen LogP contribution is -1.99. The minimum absolute atomic E-state index is 0. The van der Waals surface area contributed by atoms with E-state index in [0.717, 1.165) is 29.7 Å². The predicted molar refractivity (Wildman–Crippen MR) is 81.5 cm³/mol. The summed E-state index contributed by atoms with van der Waals surface area (Å²) in [6.07, 6.45) is 2.89. The van der Waals surface area contributed by atoms with Gasteiger partial charge >= 0.3 is 0 Å². The number of aryl methyl sites for hydroxylation is 2. The SMILES string of the molecule is Cl.Nc1ccc2c(c1)ncn2CCc1ccccc1. The zero-order valence-corrected chi connectivity index (χ0v) is 11.3. The second-order valence-electron chi connectivity index (χ2n) is 4.42. The van der Waals surface area contributed by atoms with Gasteiger partial charge in [-0.15, -0.1) is 12.4 Å². The molecule has 1 aromatic heterocycles.